The molecule has 0 aliphatic rings. The van der Waals surface area contributed by atoms with Crippen LogP contribution in [-0.2, 0) is 6.42 Å². The molecular weight excluding hydrogens is 274 g/mol. The van der Waals surface area contributed by atoms with Crippen molar-refractivity contribution in [3.8, 4) is 5.75 Å². The first-order valence-electron chi connectivity index (χ1n) is 7.45. The van der Waals surface area contributed by atoms with E-state index in [0.29, 0.717) is 0 Å². The number of hydrogen-bond donors (Lipinski definition) is 1. The molecule has 114 valence electrons. The predicted octanol–water partition coefficient (Wildman–Crippen LogP) is 3.26. The third-order valence-corrected chi connectivity index (χ3v) is 3.91. The van der Waals surface area contributed by atoms with Gasteiger partial charge in [-0.3, -0.25) is 4.40 Å². The number of hydrogen-bond acceptors (Lipinski definition) is 3. The number of benzene rings is 1. The minimum absolute atomic E-state index is 0.0654. The molecular formula is C18H21N3O. The molecule has 0 bridgehead atoms. The van der Waals surface area contributed by atoms with Gasteiger partial charge in [0.05, 0.1) is 18.5 Å². The van der Waals surface area contributed by atoms with Gasteiger partial charge in [0.2, 0.25) is 0 Å². The summed E-state index contributed by atoms with van der Waals surface area (Å²) in [4.78, 5) is 4.78. The normalized spacial score (nSPS) is 12.5. The maximum atomic E-state index is 6.21. The second-order valence-corrected chi connectivity index (χ2v) is 5.62. The van der Waals surface area contributed by atoms with Crippen LogP contribution in [0.4, 0.5) is 0 Å². The van der Waals surface area contributed by atoms with E-state index in [-0.39, 0.29) is 6.04 Å². The Kier molecular flexibility index (Phi) is 3.86. The first-order chi connectivity index (χ1) is 10.6. The highest BCUT2D eigenvalue weighted by Gasteiger charge is 2.16. The molecule has 0 fully saturated rings. The smallest absolute Gasteiger partial charge is 0.137 e. The van der Waals surface area contributed by atoms with Crippen LogP contribution in [0.3, 0.4) is 0 Å². The van der Waals surface area contributed by atoms with Crippen LogP contribution in [-0.4, -0.2) is 16.5 Å². The van der Waals surface area contributed by atoms with E-state index in [0.717, 1.165) is 34.9 Å². The summed E-state index contributed by atoms with van der Waals surface area (Å²) in [6, 6.07) is 14.2. The fourth-order valence-corrected chi connectivity index (χ4v) is 2.86. The summed E-state index contributed by atoms with van der Waals surface area (Å²) >= 11 is 0. The first kappa shape index (κ1) is 14.6. The Bertz CT molecular complexity index is 788. The zero-order valence-electron chi connectivity index (χ0n) is 13.2. The molecule has 4 heteroatoms. The second-order valence-electron chi connectivity index (χ2n) is 5.62. The quantitative estimate of drug-likeness (QED) is 0.803. The number of ether oxygens (including phenoxy) is 1. The molecule has 0 spiro atoms. The lowest BCUT2D eigenvalue weighted by molar-refractivity contribution is 0.414. The highest BCUT2D eigenvalue weighted by molar-refractivity contribution is 5.47. The fraction of sp³-hybridized carbons (Fsp3) is 0.278. The Hall–Kier alpha value is -2.33. The molecule has 0 saturated carbocycles. The largest absolute Gasteiger partial charge is 0.497 e. The monoisotopic (exact) mass is 295 g/mol. The maximum absolute atomic E-state index is 6.21. The number of aryl methyl sites for hydroxylation is 1. The molecule has 1 aromatic carbocycles. The van der Waals surface area contributed by atoms with Crippen molar-refractivity contribution in [3.63, 3.8) is 0 Å². The number of aromatic nitrogens is 2. The van der Waals surface area contributed by atoms with Crippen LogP contribution in [0.5, 0.6) is 5.75 Å². The van der Waals surface area contributed by atoms with E-state index >= 15 is 0 Å². The lowest BCUT2D eigenvalue weighted by atomic mass is 10.1. The van der Waals surface area contributed by atoms with Gasteiger partial charge in [0, 0.05) is 18.2 Å². The molecule has 0 radical (unpaired) electrons. The number of pyridine rings is 1. The molecule has 2 N–H and O–H groups in total. The Balaban J connectivity index is 2.05. The summed E-state index contributed by atoms with van der Waals surface area (Å²) < 4.78 is 7.36. The van der Waals surface area contributed by atoms with Gasteiger partial charge >= 0.3 is 0 Å². The van der Waals surface area contributed by atoms with Crippen LogP contribution in [0.2, 0.25) is 0 Å². The van der Waals surface area contributed by atoms with Gasteiger partial charge in [-0.1, -0.05) is 18.2 Å². The number of fused-ring (bicyclic) bond motifs is 1. The van der Waals surface area contributed by atoms with E-state index in [9.17, 15) is 0 Å². The summed E-state index contributed by atoms with van der Waals surface area (Å²) in [5, 5.41) is 0. The van der Waals surface area contributed by atoms with E-state index in [1.807, 2.05) is 31.2 Å². The molecule has 3 aromatic rings. The highest BCUT2D eigenvalue weighted by Crippen LogP contribution is 2.23. The molecule has 2 heterocycles. The van der Waals surface area contributed by atoms with E-state index < -0.39 is 0 Å². The topological polar surface area (TPSA) is 52.5 Å². The molecule has 1 atom stereocenters. The van der Waals surface area contributed by atoms with Crippen LogP contribution in [0.15, 0.2) is 42.5 Å². The lowest BCUT2D eigenvalue weighted by Gasteiger charge is -2.11. The van der Waals surface area contributed by atoms with Gasteiger partial charge in [-0.05, 0) is 43.7 Å². The van der Waals surface area contributed by atoms with Gasteiger partial charge < -0.3 is 10.5 Å². The molecule has 0 aliphatic heterocycles. The number of nitrogens with zero attached hydrogens (tertiary/aromatic N) is 2. The van der Waals surface area contributed by atoms with E-state index in [2.05, 4.69) is 29.5 Å². The molecule has 2 aromatic heterocycles. The van der Waals surface area contributed by atoms with Crippen LogP contribution in [0.1, 0.15) is 35.6 Å². The molecule has 4 nitrogen and oxygen atoms in total. The van der Waals surface area contributed by atoms with Gasteiger partial charge in [0.1, 0.15) is 11.4 Å². The highest BCUT2D eigenvalue weighted by atomic mass is 16.5. The molecule has 0 saturated heterocycles. The minimum atomic E-state index is -0.0654. The predicted molar refractivity (Wildman–Crippen MR) is 88.3 cm³/mol. The Labute approximate surface area is 130 Å². The Morgan fingerprint density at radius 3 is 2.55 bits per heavy atom. The summed E-state index contributed by atoms with van der Waals surface area (Å²) in [6.45, 7) is 4.09. The zero-order valence-corrected chi connectivity index (χ0v) is 13.2. The summed E-state index contributed by atoms with van der Waals surface area (Å²) in [7, 11) is 1.67. The van der Waals surface area contributed by atoms with Crippen molar-refractivity contribution in [2.75, 3.05) is 7.11 Å². The van der Waals surface area contributed by atoms with Gasteiger partial charge in [0.25, 0.3) is 0 Å². The van der Waals surface area contributed by atoms with Crippen molar-refractivity contribution in [1.82, 2.24) is 9.38 Å². The molecule has 0 aliphatic carbocycles. The van der Waals surface area contributed by atoms with E-state index in [1.54, 1.807) is 7.11 Å². The summed E-state index contributed by atoms with van der Waals surface area (Å²) in [5.41, 5.74) is 11.6. The van der Waals surface area contributed by atoms with Crippen LogP contribution in [0.25, 0.3) is 5.65 Å². The van der Waals surface area contributed by atoms with Crippen molar-refractivity contribution in [1.29, 1.82) is 0 Å². The second kappa shape index (κ2) is 5.81. The lowest BCUT2D eigenvalue weighted by Crippen LogP contribution is -2.12. The van der Waals surface area contributed by atoms with Crippen molar-refractivity contribution >= 4 is 5.65 Å². The Morgan fingerprint density at radius 1 is 1.18 bits per heavy atom. The SMILES string of the molecule is COc1ccc(Cc2nc3cccc(C)n3c2C(C)N)cc1. The first-order valence-corrected chi connectivity index (χ1v) is 7.45. The maximum Gasteiger partial charge on any atom is 0.137 e. The van der Waals surface area contributed by atoms with Gasteiger partial charge in [0.15, 0.2) is 0 Å². The number of rotatable bonds is 4. The standard InChI is InChI=1S/C18H21N3O/c1-12-5-4-6-17-20-16(18(13(2)19)21(12)17)11-14-7-9-15(22-3)10-8-14/h4-10,13H,11,19H2,1-3H3. The average molecular weight is 295 g/mol. The van der Waals surface area contributed by atoms with E-state index in [4.69, 9.17) is 15.5 Å². The third kappa shape index (κ3) is 2.57. The number of imidazole rings is 1. The van der Waals surface area contributed by atoms with Crippen molar-refractivity contribution in [2.24, 2.45) is 5.73 Å². The van der Waals surface area contributed by atoms with Crippen molar-refractivity contribution < 1.29 is 4.74 Å². The van der Waals surface area contributed by atoms with Gasteiger partial charge in [-0.2, -0.15) is 0 Å². The average Bonchev–Trinajstić information content (AvgIpc) is 2.87. The fourth-order valence-electron chi connectivity index (χ4n) is 2.86. The summed E-state index contributed by atoms with van der Waals surface area (Å²) in [5.74, 6) is 0.863. The molecule has 1 unspecified atom stereocenters. The van der Waals surface area contributed by atoms with Crippen LogP contribution in [0, 0.1) is 6.92 Å². The van der Waals surface area contributed by atoms with Crippen LogP contribution >= 0.6 is 0 Å². The third-order valence-electron chi connectivity index (χ3n) is 3.91. The molecule has 0 amide bonds. The van der Waals surface area contributed by atoms with Gasteiger partial charge in [-0.15, -0.1) is 0 Å². The summed E-state index contributed by atoms with van der Waals surface area (Å²) in [6.07, 6.45) is 0.766. The molecule has 3 rings (SSSR count). The van der Waals surface area contributed by atoms with Crippen molar-refractivity contribution in [2.45, 2.75) is 26.3 Å². The Morgan fingerprint density at radius 2 is 1.91 bits per heavy atom. The van der Waals surface area contributed by atoms with Crippen LogP contribution < -0.4 is 10.5 Å². The number of methoxy groups -OCH3 is 1. The zero-order chi connectivity index (χ0) is 15.7. The number of nitrogens with two attached hydrogens (primary N) is 1. The molecule has 22 heavy (non-hydrogen) atoms. The minimum Gasteiger partial charge on any atom is -0.497 e. The van der Waals surface area contributed by atoms with Gasteiger partial charge in [-0.25, -0.2) is 4.98 Å². The van der Waals surface area contributed by atoms with Crippen molar-refractivity contribution in [3.05, 3.63) is 65.1 Å². The van der Waals surface area contributed by atoms with E-state index in [1.165, 1.54) is 5.56 Å².